The Labute approximate surface area is 107 Å². The molecule has 0 radical (unpaired) electrons. The molecular weight excluding hydrogens is 269 g/mol. The van der Waals surface area contributed by atoms with E-state index in [9.17, 15) is 18.3 Å². The zero-order valence-electron chi connectivity index (χ0n) is 9.43. The summed E-state index contributed by atoms with van der Waals surface area (Å²) in [5, 5.41) is 10.3. The first-order valence-electron chi connectivity index (χ1n) is 5.50. The van der Waals surface area contributed by atoms with Crippen molar-refractivity contribution in [3.63, 3.8) is 0 Å². The molecule has 0 saturated carbocycles. The predicted molar refractivity (Wildman–Crippen MR) is 60.4 cm³/mol. The quantitative estimate of drug-likeness (QED) is 0.855. The number of rotatable bonds is 1. The molecule has 0 amide bonds. The maximum absolute atomic E-state index is 12.7. The molecule has 18 heavy (non-hydrogen) atoms. The van der Waals surface area contributed by atoms with Gasteiger partial charge in [-0.15, -0.1) is 0 Å². The van der Waals surface area contributed by atoms with E-state index in [0.717, 1.165) is 12.1 Å². The van der Waals surface area contributed by atoms with Crippen LogP contribution in [0.4, 0.5) is 13.2 Å². The van der Waals surface area contributed by atoms with Crippen molar-refractivity contribution >= 4 is 11.6 Å². The molecule has 2 rings (SSSR count). The molecule has 0 unspecified atom stereocenters. The van der Waals surface area contributed by atoms with Crippen LogP contribution in [0.25, 0.3) is 0 Å². The summed E-state index contributed by atoms with van der Waals surface area (Å²) in [6.45, 7) is 0.648. The lowest BCUT2D eigenvalue weighted by Gasteiger charge is -2.33. The van der Waals surface area contributed by atoms with Gasteiger partial charge < -0.3 is 9.84 Å². The van der Waals surface area contributed by atoms with Gasteiger partial charge in [0.2, 0.25) is 0 Å². The fraction of sp³-hybridized carbons (Fsp3) is 0.500. The van der Waals surface area contributed by atoms with Gasteiger partial charge in [0, 0.05) is 31.1 Å². The molecule has 1 heterocycles. The molecule has 0 aliphatic carbocycles. The standard InChI is InChI=1S/C12H12ClF3O2/c13-10-6-8(5-9(7-10)12(14,15)16)11(17)1-3-18-4-2-11/h5-7,17H,1-4H2. The monoisotopic (exact) mass is 280 g/mol. The highest BCUT2D eigenvalue weighted by atomic mass is 35.5. The highest BCUT2D eigenvalue weighted by Gasteiger charge is 2.36. The van der Waals surface area contributed by atoms with E-state index in [4.69, 9.17) is 16.3 Å². The largest absolute Gasteiger partial charge is 0.416 e. The maximum atomic E-state index is 12.7. The van der Waals surface area contributed by atoms with Gasteiger partial charge in [0.25, 0.3) is 0 Å². The molecule has 100 valence electrons. The summed E-state index contributed by atoms with van der Waals surface area (Å²) in [5.74, 6) is 0. The number of alkyl halides is 3. The zero-order valence-corrected chi connectivity index (χ0v) is 10.2. The molecule has 1 aliphatic heterocycles. The van der Waals surface area contributed by atoms with Gasteiger partial charge in [0.1, 0.15) is 0 Å². The molecule has 1 aliphatic rings. The lowest BCUT2D eigenvalue weighted by molar-refractivity contribution is -0.137. The van der Waals surface area contributed by atoms with Crippen LogP contribution in [0.1, 0.15) is 24.0 Å². The van der Waals surface area contributed by atoms with E-state index < -0.39 is 17.3 Å². The van der Waals surface area contributed by atoms with Crippen LogP contribution in [0.2, 0.25) is 5.02 Å². The number of halogens is 4. The van der Waals surface area contributed by atoms with Gasteiger partial charge in [-0.25, -0.2) is 0 Å². The summed E-state index contributed by atoms with van der Waals surface area (Å²) >= 11 is 5.69. The number of benzene rings is 1. The van der Waals surface area contributed by atoms with E-state index in [1.54, 1.807) is 0 Å². The summed E-state index contributed by atoms with van der Waals surface area (Å²) < 4.78 is 43.1. The van der Waals surface area contributed by atoms with Crippen LogP contribution < -0.4 is 0 Å². The molecule has 1 fully saturated rings. The van der Waals surface area contributed by atoms with Gasteiger partial charge in [-0.05, 0) is 23.8 Å². The summed E-state index contributed by atoms with van der Waals surface area (Å²) in [5.41, 5.74) is -1.93. The van der Waals surface area contributed by atoms with Crippen LogP contribution >= 0.6 is 11.6 Å². The van der Waals surface area contributed by atoms with Crippen LogP contribution in [0.5, 0.6) is 0 Å². The molecule has 1 N–H and O–H groups in total. The normalized spacial score (nSPS) is 19.8. The third-order valence-corrected chi connectivity index (χ3v) is 3.30. The maximum Gasteiger partial charge on any atom is 0.416 e. The van der Waals surface area contributed by atoms with E-state index in [0.29, 0.717) is 13.2 Å². The van der Waals surface area contributed by atoms with Crippen molar-refractivity contribution in [3.05, 3.63) is 34.3 Å². The fourth-order valence-electron chi connectivity index (χ4n) is 2.02. The average Bonchev–Trinajstić information content (AvgIpc) is 2.28. The van der Waals surface area contributed by atoms with Crippen molar-refractivity contribution < 1.29 is 23.0 Å². The SMILES string of the molecule is OC1(c2cc(Cl)cc(C(F)(F)F)c2)CCOCC1. The Morgan fingerprint density at radius 1 is 1.17 bits per heavy atom. The van der Waals surface area contributed by atoms with E-state index in [2.05, 4.69) is 0 Å². The molecule has 1 saturated heterocycles. The fourth-order valence-corrected chi connectivity index (χ4v) is 2.25. The van der Waals surface area contributed by atoms with Crippen LogP contribution in [0.15, 0.2) is 18.2 Å². The first kappa shape index (κ1) is 13.6. The molecule has 0 atom stereocenters. The van der Waals surface area contributed by atoms with Gasteiger partial charge in [-0.3, -0.25) is 0 Å². The van der Waals surface area contributed by atoms with Crippen LogP contribution in [0.3, 0.4) is 0 Å². The van der Waals surface area contributed by atoms with Gasteiger partial charge in [-0.2, -0.15) is 13.2 Å². The minimum Gasteiger partial charge on any atom is -0.385 e. The first-order valence-corrected chi connectivity index (χ1v) is 5.87. The Bertz CT molecular complexity index is 439. The van der Waals surface area contributed by atoms with Gasteiger partial charge in [-0.1, -0.05) is 11.6 Å². The van der Waals surface area contributed by atoms with Crippen LogP contribution in [-0.2, 0) is 16.5 Å². The number of hydrogen-bond donors (Lipinski definition) is 1. The Morgan fingerprint density at radius 2 is 1.78 bits per heavy atom. The average molecular weight is 281 g/mol. The summed E-state index contributed by atoms with van der Waals surface area (Å²) in [6.07, 6.45) is -3.93. The van der Waals surface area contributed by atoms with Crippen molar-refractivity contribution in [1.82, 2.24) is 0 Å². The highest BCUT2D eigenvalue weighted by Crippen LogP contribution is 2.38. The van der Waals surface area contributed by atoms with Crippen molar-refractivity contribution in [2.45, 2.75) is 24.6 Å². The van der Waals surface area contributed by atoms with Gasteiger partial charge in [0.05, 0.1) is 11.2 Å². The van der Waals surface area contributed by atoms with E-state index in [1.807, 2.05) is 0 Å². The Balaban J connectivity index is 2.41. The molecule has 0 bridgehead atoms. The third-order valence-electron chi connectivity index (χ3n) is 3.08. The third kappa shape index (κ3) is 2.79. The van der Waals surface area contributed by atoms with E-state index in [-0.39, 0.29) is 23.4 Å². The molecule has 1 aromatic rings. The molecular formula is C12H12ClF3O2. The molecule has 6 heteroatoms. The highest BCUT2D eigenvalue weighted by molar-refractivity contribution is 6.30. The van der Waals surface area contributed by atoms with Gasteiger partial charge >= 0.3 is 6.18 Å². The Morgan fingerprint density at radius 3 is 2.33 bits per heavy atom. The lowest BCUT2D eigenvalue weighted by Crippen LogP contribution is -2.33. The second-order valence-electron chi connectivity index (χ2n) is 4.37. The van der Waals surface area contributed by atoms with Crippen molar-refractivity contribution in [2.75, 3.05) is 13.2 Å². The van der Waals surface area contributed by atoms with Crippen LogP contribution in [0, 0.1) is 0 Å². The molecule has 2 nitrogen and oxygen atoms in total. The second kappa shape index (κ2) is 4.72. The van der Waals surface area contributed by atoms with Crippen LogP contribution in [-0.4, -0.2) is 18.3 Å². The summed E-state index contributed by atoms with van der Waals surface area (Å²) in [7, 11) is 0. The van der Waals surface area contributed by atoms with Gasteiger partial charge in [0.15, 0.2) is 0 Å². The van der Waals surface area contributed by atoms with Crippen molar-refractivity contribution in [1.29, 1.82) is 0 Å². The topological polar surface area (TPSA) is 29.5 Å². The minimum atomic E-state index is -4.47. The minimum absolute atomic E-state index is 0.0280. The second-order valence-corrected chi connectivity index (χ2v) is 4.81. The number of aliphatic hydroxyl groups is 1. The van der Waals surface area contributed by atoms with E-state index >= 15 is 0 Å². The van der Waals surface area contributed by atoms with Crippen molar-refractivity contribution in [2.24, 2.45) is 0 Å². The summed E-state index contributed by atoms with van der Waals surface area (Å²) in [4.78, 5) is 0. The van der Waals surface area contributed by atoms with Crippen molar-refractivity contribution in [3.8, 4) is 0 Å². The number of ether oxygens (including phenoxy) is 1. The predicted octanol–water partition coefficient (Wildman–Crippen LogP) is 3.36. The Hall–Kier alpha value is -0.780. The Kier molecular flexibility index (Phi) is 3.58. The number of hydrogen-bond acceptors (Lipinski definition) is 2. The molecule has 0 spiro atoms. The first-order chi connectivity index (χ1) is 8.31. The van der Waals surface area contributed by atoms with E-state index in [1.165, 1.54) is 6.07 Å². The zero-order chi connectivity index (χ0) is 13.4. The molecule has 0 aromatic heterocycles. The summed E-state index contributed by atoms with van der Waals surface area (Å²) in [6, 6.07) is 3.19. The lowest BCUT2D eigenvalue weighted by atomic mass is 9.85. The molecule has 1 aromatic carbocycles. The smallest absolute Gasteiger partial charge is 0.385 e.